The topological polar surface area (TPSA) is 97.3 Å². The van der Waals surface area contributed by atoms with E-state index in [4.69, 9.17) is 14.1 Å². The van der Waals surface area contributed by atoms with Gasteiger partial charge in [0, 0.05) is 17.9 Å². The van der Waals surface area contributed by atoms with Crippen LogP contribution in [0.2, 0.25) is 0 Å². The van der Waals surface area contributed by atoms with Crippen molar-refractivity contribution >= 4 is 13.2 Å². The third kappa shape index (κ3) is 3.53. The lowest BCUT2D eigenvalue weighted by atomic mass is 9.88. The monoisotopic (exact) mass is 347 g/mol. The van der Waals surface area contributed by atoms with Crippen LogP contribution < -0.4 is 10.1 Å². The molecule has 3 aliphatic rings. The molecule has 8 heteroatoms. The molecule has 3 N–H and O–H groups in total. The summed E-state index contributed by atoms with van der Waals surface area (Å²) in [7, 11) is -1.95. The van der Waals surface area contributed by atoms with Gasteiger partial charge in [-0.15, -0.1) is 0 Å². The number of ether oxygens (including phenoxy) is 2. The first-order chi connectivity index (χ1) is 12.1. The molecule has 5 atom stereocenters. The molecule has 0 saturated carbocycles. The lowest BCUT2D eigenvalue weighted by Gasteiger charge is -2.25. The van der Waals surface area contributed by atoms with Crippen LogP contribution >= 0.6 is 0 Å². The average Bonchev–Trinajstić information content (AvgIpc) is 3.30. The zero-order valence-corrected chi connectivity index (χ0v) is 13.8. The summed E-state index contributed by atoms with van der Waals surface area (Å²) in [5, 5.41) is 21.2. The van der Waals surface area contributed by atoms with Crippen molar-refractivity contribution < 1.29 is 29.0 Å². The molecule has 7 nitrogen and oxygen atoms in total. The molecule has 1 aromatic carbocycles. The van der Waals surface area contributed by atoms with Gasteiger partial charge in [0.1, 0.15) is 12.0 Å². The molecule has 3 aliphatic heterocycles. The van der Waals surface area contributed by atoms with Gasteiger partial charge in [0.25, 0.3) is 0 Å². The Hall–Kier alpha value is -1.61. The van der Waals surface area contributed by atoms with E-state index in [1.165, 1.54) is 0 Å². The minimum atomic E-state index is -1.95. The number of benzene rings is 1. The number of hydrogen-bond donors (Lipinski definition) is 3. The molecule has 0 radical (unpaired) electrons. The minimum absolute atomic E-state index is 0.0246. The van der Waals surface area contributed by atoms with Crippen molar-refractivity contribution in [3.63, 3.8) is 0 Å². The molecule has 2 fully saturated rings. The molecule has 2 saturated heterocycles. The van der Waals surface area contributed by atoms with Gasteiger partial charge in [-0.2, -0.15) is 0 Å². The number of nitrogens with one attached hydrogen (secondary N) is 1. The fourth-order valence-corrected chi connectivity index (χ4v) is 4.16. The Balaban J connectivity index is 1.41. The number of fused-ring (bicyclic) bond motifs is 3. The Bertz CT molecular complexity index is 641. The molecule has 0 spiro atoms. The number of rotatable bonds is 6. The lowest BCUT2D eigenvalue weighted by Crippen LogP contribution is -2.46. The number of carbonyl (C=O) groups is 1. The van der Waals surface area contributed by atoms with Crippen LogP contribution in [-0.2, 0) is 14.2 Å². The SMILES string of the molecule is O=C(N[C@@H](C[C@H]1COc2ccccc21)OB(O)O)[C@@H]1C[C@H]2CC[C@@H]1O2. The minimum Gasteiger partial charge on any atom is -0.493 e. The molecule has 2 bridgehead atoms. The predicted octanol–water partition coefficient (Wildman–Crippen LogP) is 0.549. The standard InChI is InChI=1S/C17H22BNO6/c20-17(13-8-11-5-6-15(13)24-11)19-16(25-18(21)22)7-10-9-23-14-4-2-1-3-12(10)14/h1-4,10-11,13,15-16,21-22H,5-9H2,(H,19,20)/t10-,11+,13+,15-,16+/m0/s1. The molecule has 1 aromatic rings. The summed E-state index contributed by atoms with van der Waals surface area (Å²) < 4.78 is 16.5. The molecule has 0 aliphatic carbocycles. The van der Waals surface area contributed by atoms with E-state index < -0.39 is 13.5 Å². The van der Waals surface area contributed by atoms with Crippen molar-refractivity contribution in [2.45, 2.75) is 50.0 Å². The molecule has 0 unspecified atom stereocenters. The zero-order valence-electron chi connectivity index (χ0n) is 13.8. The molecular weight excluding hydrogens is 325 g/mol. The first-order valence-corrected chi connectivity index (χ1v) is 8.79. The fourth-order valence-electron chi connectivity index (χ4n) is 4.16. The van der Waals surface area contributed by atoms with Crippen molar-refractivity contribution in [2.75, 3.05) is 6.61 Å². The van der Waals surface area contributed by atoms with Gasteiger partial charge in [-0.3, -0.25) is 4.79 Å². The molecule has 0 aromatic heterocycles. The van der Waals surface area contributed by atoms with E-state index in [0.717, 1.165) is 30.6 Å². The summed E-state index contributed by atoms with van der Waals surface area (Å²) >= 11 is 0. The second-order valence-corrected chi connectivity index (χ2v) is 6.96. The van der Waals surface area contributed by atoms with Crippen LogP contribution in [0.1, 0.15) is 37.2 Å². The Morgan fingerprint density at radius 3 is 2.92 bits per heavy atom. The largest absolute Gasteiger partial charge is 0.635 e. The van der Waals surface area contributed by atoms with Gasteiger partial charge < -0.3 is 29.5 Å². The Morgan fingerprint density at radius 1 is 1.36 bits per heavy atom. The van der Waals surface area contributed by atoms with Crippen molar-refractivity contribution in [1.29, 1.82) is 0 Å². The third-order valence-corrected chi connectivity index (χ3v) is 5.33. The first-order valence-electron chi connectivity index (χ1n) is 8.79. The molecular formula is C17H22BNO6. The number of hydrogen-bond acceptors (Lipinski definition) is 6. The summed E-state index contributed by atoms with van der Waals surface area (Å²) in [6, 6.07) is 7.72. The van der Waals surface area contributed by atoms with Gasteiger partial charge >= 0.3 is 7.32 Å². The molecule has 25 heavy (non-hydrogen) atoms. The first kappa shape index (κ1) is 16.8. The van der Waals surface area contributed by atoms with Crippen LogP contribution in [0.25, 0.3) is 0 Å². The van der Waals surface area contributed by atoms with Crippen molar-refractivity contribution in [1.82, 2.24) is 5.32 Å². The number of para-hydroxylation sites is 1. The van der Waals surface area contributed by atoms with Crippen LogP contribution in [0.15, 0.2) is 24.3 Å². The summed E-state index contributed by atoms with van der Waals surface area (Å²) in [6.07, 6.45) is 2.40. The molecule has 4 rings (SSSR count). The second-order valence-electron chi connectivity index (χ2n) is 6.96. The molecule has 134 valence electrons. The molecule has 3 heterocycles. The van der Waals surface area contributed by atoms with Crippen LogP contribution in [0, 0.1) is 5.92 Å². The van der Waals surface area contributed by atoms with Crippen molar-refractivity contribution in [3.8, 4) is 5.75 Å². The number of carbonyl (C=O) groups excluding carboxylic acids is 1. The van der Waals surface area contributed by atoms with Gasteiger partial charge in [0.2, 0.25) is 5.91 Å². The summed E-state index contributed by atoms with van der Waals surface area (Å²) in [5.74, 6) is 0.512. The maximum absolute atomic E-state index is 12.6. The van der Waals surface area contributed by atoms with E-state index in [0.29, 0.717) is 13.0 Å². The van der Waals surface area contributed by atoms with E-state index in [2.05, 4.69) is 5.32 Å². The summed E-state index contributed by atoms with van der Waals surface area (Å²) in [4.78, 5) is 12.6. The van der Waals surface area contributed by atoms with Gasteiger partial charge in [-0.25, -0.2) is 0 Å². The maximum atomic E-state index is 12.6. The second kappa shape index (κ2) is 6.95. The van der Waals surface area contributed by atoms with Crippen LogP contribution in [0.3, 0.4) is 0 Å². The summed E-state index contributed by atoms with van der Waals surface area (Å²) in [6.45, 7) is 0.480. The van der Waals surface area contributed by atoms with Crippen LogP contribution in [0.4, 0.5) is 0 Å². The highest BCUT2D eigenvalue weighted by atomic mass is 16.6. The Morgan fingerprint density at radius 2 is 2.20 bits per heavy atom. The quantitative estimate of drug-likeness (QED) is 0.514. The molecule has 1 amide bonds. The van der Waals surface area contributed by atoms with E-state index in [1.54, 1.807) is 0 Å². The Kier molecular flexibility index (Phi) is 4.68. The van der Waals surface area contributed by atoms with E-state index in [1.807, 2.05) is 24.3 Å². The zero-order chi connectivity index (χ0) is 17.4. The van der Waals surface area contributed by atoms with Gasteiger partial charge in [0.15, 0.2) is 0 Å². The van der Waals surface area contributed by atoms with Crippen LogP contribution in [0.5, 0.6) is 5.75 Å². The highest BCUT2D eigenvalue weighted by molar-refractivity contribution is 6.32. The average molecular weight is 347 g/mol. The fraction of sp³-hybridized carbons (Fsp3) is 0.588. The van der Waals surface area contributed by atoms with E-state index >= 15 is 0 Å². The van der Waals surface area contributed by atoms with Crippen molar-refractivity contribution in [3.05, 3.63) is 29.8 Å². The van der Waals surface area contributed by atoms with Gasteiger partial charge in [0.05, 0.1) is 24.7 Å². The van der Waals surface area contributed by atoms with E-state index in [-0.39, 0.29) is 30.0 Å². The van der Waals surface area contributed by atoms with Gasteiger partial charge in [-0.1, -0.05) is 18.2 Å². The highest BCUT2D eigenvalue weighted by Gasteiger charge is 2.45. The maximum Gasteiger partial charge on any atom is 0.635 e. The predicted molar refractivity (Wildman–Crippen MR) is 88.5 cm³/mol. The Labute approximate surface area is 146 Å². The number of amides is 1. The normalized spacial score (nSPS) is 30.6. The summed E-state index contributed by atoms with van der Waals surface area (Å²) in [5.41, 5.74) is 1.04. The smallest absolute Gasteiger partial charge is 0.493 e. The van der Waals surface area contributed by atoms with Crippen LogP contribution in [-0.4, -0.2) is 48.3 Å². The van der Waals surface area contributed by atoms with Gasteiger partial charge in [-0.05, 0) is 25.3 Å². The highest BCUT2D eigenvalue weighted by Crippen LogP contribution is 2.39. The van der Waals surface area contributed by atoms with Crippen molar-refractivity contribution in [2.24, 2.45) is 5.92 Å². The third-order valence-electron chi connectivity index (χ3n) is 5.33. The van der Waals surface area contributed by atoms with E-state index in [9.17, 15) is 14.8 Å². The lowest BCUT2D eigenvalue weighted by molar-refractivity contribution is -0.129.